The van der Waals surface area contributed by atoms with Crippen molar-refractivity contribution in [2.45, 2.75) is 38.1 Å². The highest BCUT2D eigenvalue weighted by Gasteiger charge is 2.49. The van der Waals surface area contributed by atoms with Crippen molar-refractivity contribution in [1.82, 2.24) is 20.1 Å². The summed E-state index contributed by atoms with van der Waals surface area (Å²) in [6.45, 7) is 4.08. The van der Waals surface area contributed by atoms with Crippen molar-refractivity contribution in [3.8, 4) is 0 Å². The van der Waals surface area contributed by atoms with Gasteiger partial charge >= 0.3 is 12.1 Å². The van der Waals surface area contributed by atoms with Crippen LogP contribution in [0.3, 0.4) is 0 Å². The molecule has 0 saturated carbocycles. The van der Waals surface area contributed by atoms with Gasteiger partial charge in [0.2, 0.25) is 11.8 Å². The van der Waals surface area contributed by atoms with Gasteiger partial charge < -0.3 is 15.3 Å². The van der Waals surface area contributed by atoms with Crippen LogP contribution in [0.25, 0.3) is 0 Å². The van der Waals surface area contributed by atoms with E-state index in [2.05, 4.69) is 15.2 Å². The molecule has 2 aliphatic heterocycles. The second kappa shape index (κ2) is 9.21. The Balaban J connectivity index is 0.000000370. The normalized spacial score (nSPS) is 23.8. The molecular weight excluding hydrogens is 393 g/mol. The number of hydrogen-bond donors (Lipinski definition) is 2. The van der Waals surface area contributed by atoms with E-state index in [0.717, 1.165) is 31.7 Å². The van der Waals surface area contributed by atoms with Crippen molar-refractivity contribution in [3.63, 3.8) is 0 Å². The smallest absolute Gasteiger partial charge is 0.475 e. The number of alkyl halides is 3. The van der Waals surface area contributed by atoms with E-state index in [-0.39, 0.29) is 23.9 Å². The maximum absolute atomic E-state index is 12.0. The van der Waals surface area contributed by atoms with Gasteiger partial charge in [0.1, 0.15) is 6.04 Å². The third-order valence-electron chi connectivity index (χ3n) is 4.97. The van der Waals surface area contributed by atoms with Gasteiger partial charge in [0, 0.05) is 45.8 Å². The van der Waals surface area contributed by atoms with Crippen LogP contribution in [0.5, 0.6) is 0 Å². The molecule has 0 aliphatic carbocycles. The molecule has 0 spiro atoms. The number of likely N-dealkylation sites (tertiary alicyclic amines) is 2. The molecule has 0 radical (unpaired) electrons. The van der Waals surface area contributed by atoms with E-state index < -0.39 is 12.1 Å². The molecule has 3 heterocycles. The van der Waals surface area contributed by atoms with Crippen LogP contribution >= 0.6 is 0 Å². The fourth-order valence-electron chi connectivity index (χ4n) is 3.82. The third kappa shape index (κ3) is 5.66. The van der Waals surface area contributed by atoms with Crippen LogP contribution in [-0.4, -0.2) is 76.1 Å². The van der Waals surface area contributed by atoms with Gasteiger partial charge in [0.15, 0.2) is 0 Å². The lowest BCUT2D eigenvalue weighted by Gasteiger charge is -2.28. The number of hydrogen-bond acceptors (Lipinski definition) is 5. The molecule has 1 aromatic rings. The monoisotopic (exact) mass is 416 g/mol. The van der Waals surface area contributed by atoms with E-state index in [1.807, 2.05) is 18.2 Å². The molecule has 0 aromatic carbocycles. The van der Waals surface area contributed by atoms with E-state index in [1.165, 1.54) is 0 Å². The van der Waals surface area contributed by atoms with Gasteiger partial charge in [-0.2, -0.15) is 13.2 Å². The van der Waals surface area contributed by atoms with Gasteiger partial charge in [-0.15, -0.1) is 0 Å². The maximum Gasteiger partial charge on any atom is 0.490 e. The van der Waals surface area contributed by atoms with E-state index >= 15 is 0 Å². The number of carbonyl (C=O) groups excluding carboxylic acids is 2. The first kappa shape index (κ1) is 22.6. The summed E-state index contributed by atoms with van der Waals surface area (Å²) in [6.07, 6.45) is -2.53. The minimum absolute atomic E-state index is 0.0132. The minimum atomic E-state index is -5.08. The number of carboxylic acid groups (broad SMARTS) is 1. The quantitative estimate of drug-likeness (QED) is 0.759. The Morgan fingerprint density at radius 3 is 2.41 bits per heavy atom. The number of aliphatic carboxylic acids is 1. The number of aromatic nitrogens is 1. The SMILES string of the molecule is CNC(=O)[C@@H]1C[C@H]2CN(Cc3ccccn3)C[C@H]2N1C(C)=O.O=C(O)C(F)(F)F. The molecule has 29 heavy (non-hydrogen) atoms. The van der Waals surface area contributed by atoms with Crippen molar-refractivity contribution in [2.75, 3.05) is 20.1 Å². The summed E-state index contributed by atoms with van der Waals surface area (Å²) in [7, 11) is 1.63. The van der Waals surface area contributed by atoms with E-state index in [0.29, 0.717) is 5.92 Å². The zero-order valence-electron chi connectivity index (χ0n) is 16.0. The molecule has 2 saturated heterocycles. The highest BCUT2D eigenvalue weighted by molar-refractivity contribution is 5.87. The molecule has 160 valence electrons. The van der Waals surface area contributed by atoms with Crippen LogP contribution < -0.4 is 5.32 Å². The third-order valence-corrected chi connectivity index (χ3v) is 4.97. The van der Waals surface area contributed by atoms with E-state index in [1.54, 1.807) is 25.1 Å². The lowest BCUT2D eigenvalue weighted by atomic mass is 10.0. The number of nitrogens with one attached hydrogen (secondary N) is 1. The van der Waals surface area contributed by atoms with Crippen LogP contribution in [0.2, 0.25) is 0 Å². The van der Waals surface area contributed by atoms with Gasteiger partial charge in [-0.05, 0) is 24.5 Å². The summed E-state index contributed by atoms with van der Waals surface area (Å²) >= 11 is 0. The number of halogens is 3. The van der Waals surface area contributed by atoms with E-state index in [9.17, 15) is 22.8 Å². The lowest BCUT2D eigenvalue weighted by molar-refractivity contribution is -0.192. The van der Waals surface area contributed by atoms with Crippen molar-refractivity contribution in [3.05, 3.63) is 30.1 Å². The Labute approximate surface area is 165 Å². The van der Waals surface area contributed by atoms with Crippen molar-refractivity contribution in [1.29, 1.82) is 0 Å². The number of nitrogens with zero attached hydrogens (tertiary/aromatic N) is 3. The van der Waals surface area contributed by atoms with Gasteiger partial charge in [-0.3, -0.25) is 19.5 Å². The average Bonchev–Trinajstić information content (AvgIpc) is 3.18. The minimum Gasteiger partial charge on any atom is -0.475 e. The van der Waals surface area contributed by atoms with Gasteiger partial charge in [0.25, 0.3) is 0 Å². The highest BCUT2D eigenvalue weighted by Crippen LogP contribution is 2.36. The summed E-state index contributed by atoms with van der Waals surface area (Å²) in [5.41, 5.74) is 1.04. The maximum atomic E-state index is 12.0. The number of likely N-dealkylation sites (N-methyl/N-ethyl adjacent to an activating group) is 1. The first-order valence-electron chi connectivity index (χ1n) is 8.97. The van der Waals surface area contributed by atoms with Crippen LogP contribution in [0.15, 0.2) is 24.4 Å². The summed E-state index contributed by atoms with van der Waals surface area (Å²) < 4.78 is 31.7. The fourth-order valence-corrected chi connectivity index (χ4v) is 3.82. The molecule has 0 unspecified atom stereocenters. The highest BCUT2D eigenvalue weighted by atomic mass is 19.4. The molecule has 8 nitrogen and oxygen atoms in total. The molecule has 0 bridgehead atoms. The Morgan fingerprint density at radius 2 is 1.93 bits per heavy atom. The van der Waals surface area contributed by atoms with Gasteiger partial charge in [-0.25, -0.2) is 4.79 Å². The Bertz CT molecular complexity index is 744. The molecular formula is C18H23F3N4O4. The zero-order valence-corrected chi connectivity index (χ0v) is 16.0. The number of carbonyl (C=O) groups is 3. The topological polar surface area (TPSA) is 103 Å². The molecule has 2 aliphatic rings. The number of rotatable bonds is 3. The van der Waals surface area contributed by atoms with Crippen molar-refractivity contribution in [2.24, 2.45) is 5.92 Å². The average molecular weight is 416 g/mol. The second-order valence-corrected chi connectivity index (χ2v) is 6.94. The second-order valence-electron chi connectivity index (χ2n) is 6.94. The first-order chi connectivity index (χ1) is 13.5. The standard InChI is InChI=1S/C16H22N4O2.C2HF3O2/c1-11(21)20-14(16(22)17-2)7-12-8-19(10-15(12)20)9-13-5-3-4-6-18-13;3-2(4,5)1(6)7/h3-6,12,14-15H,7-10H2,1-2H3,(H,17,22);(H,6,7)/t12-,14-,15+;/m0./s1. The fraction of sp³-hybridized carbons (Fsp3) is 0.556. The molecule has 3 atom stereocenters. The van der Waals surface area contributed by atoms with Gasteiger partial charge in [-0.1, -0.05) is 6.07 Å². The Morgan fingerprint density at radius 1 is 1.28 bits per heavy atom. The van der Waals surface area contributed by atoms with Gasteiger partial charge in [0.05, 0.1) is 5.69 Å². The van der Waals surface area contributed by atoms with E-state index in [4.69, 9.17) is 9.90 Å². The van der Waals surface area contributed by atoms with Crippen LogP contribution in [0, 0.1) is 5.92 Å². The van der Waals surface area contributed by atoms with Crippen LogP contribution in [-0.2, 0) is 20.9 Å². The number of pyridine rings is 1. The van der Waals surface area contributed by atoms with Crippen molar-refractivity contribution >= 4 is 17.8 Å². The first-order valence-corrected chi connectivity index (χ1v) is 8.97. The summed E-state index contributed by atoms with van der Waals surface area (Å²) in [6, 6.07) is 5.75. The molecule has 1 aromatic heterocycles. The predicted molar refractivity (Wildman–Crippen MR) is 95.5 cm³/mol. The number of amides is 2. The van der Waals surface area contributed by atoms with Crippen molar-refractivity contribution < 1.29 is 32.7 Å². The zero-order chi connectivity index (χ0) is 21.8. The Kier molecular flexibility index (Phi) is 7.17. The molecule has 11 heteroatoms. The summed E-state index contributed by atoms with van der Waals surface area (Å²) in [5.74, 6) is -2.45. The molecule has 3 rings (SSSR count). The van der Waals surface area contributed by atoms with Crippen LogP contribution in [0.1, 0.15) is 19.0 Å². The number of fused-ring (bicyclic) bond motifs is 1. The van der Waals surface area contributed by atoms with Crippen LogP contribution in [0.4, 0.5) is 13.2 Å². The largest absolute Gasteiger partial charge is 0.490 e. The lowest BCUT2D eigenvalue weighted by Crippen LogP contribution is -2.49. The Hall–Kier alpha value is -2.69. The summed E-state index contributed by atoms with van der Waals surface area (Å²) in [5, 5.41) is 9.80. The summed E-state index contributed by atoms with van der Waals surface area (Å²) in [4.78, 5) is 41.4. The molecule has 2 N–H and O–H groups in total. The number of carboxylic acids is 1. The molecule has 2 fully saturated rings. The predicted octanol–water partition coefficient (Wildman–Crippen LogP) is 0.882. The molecule has 2 amide bonds.